The van der Waals surface area contributed by atoms with E-state index in [0.29, 0.717) is 13.1 Å². The second-order valence-electron chi connectivity index (χ2n) is 7.31. The summed E-state index contributed by atoms with van der Waals surface area (Å²) in [5, 5.41) is 0. The van der Waals surface area contributed by atoms with Crippen molar-refractivity contribution >= 4 is 10.0 Å². The standard InChI is InChI=1S/C16H26N4O2S/c1-16(2)13-19(23(3,21)22)12-15-11-18(7-8-20(15)16)10-14-5-4-6-17-9-14/h4-6,9,15H,7-8,10-13H2,1-3H3. The Morgan fingerprint density at radius 1 is 1.30 bits per heavy atom. The summed E-state index contributed by atoms with van der Waals surface area (Å²) in [4.78, 5) is 9.06. The molecule has 7 heteroatoms. The number of aromatic nitrogens is 1. The third-order valence-corrected chi connectivity index (χ3v) is 6.14. The van der Waals surface area contributed by atoms with E-state index in [2.05, 4.69) is 34.7 Å². The van der Waals surface area contributed by atoms with Gasteiger partial charge in [0.2, 0.25) is 10.0 Å². The molecule has 0 saturated carbocycles. The summed E-state index contributed by atoms with van der Waals surface area (Å²) in [6.07, 6.45) is 5.00. The van der Waals surface area contributed by atoms with E-state index in [1.165, 1.54) is 11.8 Å². The molecule has 23 heavy (non-hydrogen) atoms. The van der Waals surface area contributed by atoms with E-state index in [4.69, 9.17) is 0 Å². The topological polar surface area (TPSA) is 56.8 Å². The largest absolute Gasteiger partial charge is 0.296 e. The van der Waals surface area contributed by atoms with Gasteiger partial charge in [-0.05, 0) is 25.5 Å². The molecule has 6 nitrogen and oxygen atoms in total. The number of pyridine rings is 1. The highest BCUT2D eigenvalue weighted by Crippen LogP contribution is 2.29. The molecule has 2 aliphatic heterocycles. The number of hydrogen-bond donors (Lipinski definition) is 0. The fraction of sp³-hybridized carbons (Fsp3) is 0.688. The molecule has 0 radical (unpaired) electrons. The minimum absolute atomic E-state index is 0.119. The SMILES string of the molecule is CC1(C)CN(S(C)(=O)=O)CC2CN(Cc3cccnc3)CCN21. The lowest BCUT2D eigenvalue weighted by atomic mass is 9.94. The van der Waals surface area contributed by atoms with Gasteiger partial charge in [0.25, 0.3) is 0 Å². The van der Waals surface area contributed by atoms with Crippen LogP contribution in [0.4, 0.5) is 0 Å². The van der Waals surface area contributed by atoms with Gasteiger partial charge in [-0.1, -0.05) is 6.07 Å². The Hall–Kier alpha value is -1.02. The Labute approximate surface area is 139 Å². The summed E-state index contributed by atoms with van der Waals surface area (Å²) in [5.74, 6) is 0. The van der Waals surface area contributed by atoms with Gasteiger partial charge >= 0.3 is 0 Å². The summed E-state index contributed by atoms with van der Waals surface area (Å²) in [6, 6.07) is 4.30. The molecule has 0 amide bonds. The molecule has 3 heterocycles. The first-order chi connectivity index (χ1) is 10.8. The second-order valence-corrected chi connectivity index (χ2v) is 9.29. The quantitative estimate of drug-likeness (QED) is 0.809. The van der Waals surface area contributed by atoms with E-state index in [0.717, 1.165) is 26.2 Å². The summed E-state index contributed by atoms with van der Waals surface area (Å²) in [7, 11) is -3.15. The van der Waals surface area contributed by atoms with Crippen LogP contribution in [0.5, 0.6) is 0 Å². The summed E-state index contributed by atoms with van der Waals surface area (Å²) < 4.78 is 25.7. The predicted molar refractivity (Wildman–Crippen MR) is 90.5 cm³/mol. The molecule has 1 aromatic rings. The van der Waals surface area contributed by atoms with E-state index in [9.17, 15) is 8.42 Å². The van der Waals surface area contributed by atoms with Gasteiger partial charge < -0.3 is 0 Å². The van der Waals surface area contributed by atoms with Gasteiger partial charge in [0, 0.05) is 63.2 Å². The molecule has 2 fully saturated rings. The molecular weight excluding hydrogens is 312 g/mol. The number of rotatable bonds is 3. The van der Waals surface area contributed by atoms with Crippen LogP contribution in [0.15, 0.2) is 24.5 Å². The Bertz CT molecular complexity index is 647. The van der Waals surface area contributed by atoms with E-state index in [1.54, 1.807) is 10.5 Å². The van der Waals surface area contributed by atoms with Crippen molar-refractivity contribution in [3.05, 3.63) is 30.1 Å². The van der Waals surface area contributed by atoms with Crippen LogP contribution in [-0.4, -0.2) is 78.1 Å². The van der Waals surface area contributed by atoms with Gasteiger partial charge in [-0.15, -0.1) is 0 Å². The molecule has 2 aliphatic rings. The molecule has 2 saturated heterocycles. The van der Waals surface area contributed by atoms with E-state index >= 15 is 0 Å². The normalized spacial score (nSPS) is 26.8. The number of sulfonamides is 1. The first kappa shape index (κ1) is 16.8. The highest BCUT2D eigenvalue weighted by molar-refractivity contribution is 7.88. The lowest BCUT2D eigenvalue weighted by Gasteiger charge is -2.55. The third kappa shape index (κ3) is 3.74. The predicted octanol–water partition coefficient (Wildman–Crippen LogP) is 0.622. The number of fused-ring (bicyclic) bond motifs is 1. The zero-order chi connectivity index (χ0) is 16.7. The van der Waals surface area contributed by atoms with Gasteiger partial charge in [0.1, 0.15) is 0 Å². The number of hydrogen-bond acceptors (Lipinski definition) is 5. The molecular formula is C16H26N4O2S. The Balaban J connectivity index is 1.73. The van der Waals surface area contributed by atoms with Crippen LogP contribution in [0.2, 0.25) is 0 Å². The van der Waals surface area contributed by atoms with E-state index in [-0.39, 0.29) is 11.6 Å². The van der Waals surface area contributed by atoms with Crippen molar-refractivity contribution in [3.8, 4) is 0 Å². The molecule has 3 rings (SSSR count). The van der Waals surface area contributed by atoms with Crippen LogP contribution in [-0.2, 0) is 16.6 Å². The highest BCUT2D eigenvalue weighted by atomic mass is 32.2. The lowest BCUT2D eigenvalue weighted by Crippen LogP contribution is -2.70. The van der Waals surface area contributed by atoms with E-state index in [1.807, 2.05) is 12.3 Å². The van der Waals surface area contributed by atoms with Crippen LogP contribution in [0.25, 0.3) is 0 Å². The average molecular weight is 338 g/mol. The van der Waals surface area contributed by atoms with Crippen molar-refractivity contribution < 1.29 is 8.42 Å². The fourth-order valence-electron chi connectivity index (χ4n) is 3.84. The number of piperazine rings is 2. The smallest absolute Gasteiger partial charge is 0.211 e. The van der Waals surface area contributed by atoms with Crippen molar-refractivity contribution in [2.45, 2.75) is 32.0 Å². The maximum atomic E-state index is 12.0. The Kier molecular flexibility index (Phi) is 4.48. The van der Waals surface area contributed by atoms with Gasteiger partial charge in [-0.3, -0.25) is 14.8 Å². The molecule has 0 N–H and O–H groups in total. The molecule has 0 aromatic carbocycles. The van der Waals surface area contributed by atoms with Crippen molar-refractivity contribution in [1.82, 2.24) is 19.1 Å². The Morgan fingerprint density at radius 3 is 2.74 bits per heavy atom. The molecule has 0 aliphatic carbocycles. The Morgan fingerprint density at radius 2 is 2.09 bits per heavy atom. The van der Waals surface area contributed by atoms with Crippen LogP contribution in [0, 0.1) is 0 Å². The molecule has 1 atom stereocenters. The maximum Gasteiger partial charge on any atom is 0.211 e. The first-order valence-electron chi connectivity index (χ1n) is 8.09. The zero-order valence-electron chi connectivity index (χ0n) is 14.1. The van der Waals surface area contributed by atoms with Crippen molar-refractivity contribution in [3.63, 3.8) is 0 Å². The monoisotopic (exact) mass is 338 g/mol. The van der Waals surface area contributed by atoms with Crippen LogP contribution in [0.3, 0.4) is 0 Å². The average Bonchev–Trinajstić information content (AvgIpc) is 2.46. The van der Waals surface area contributed by atoms with Gasteiger partial charge in [0.15, 0.2) is 0 Å². The highest BCUT2D eigenvalue weighted by Gasteiger charge is 2.44. The minimum Gasteiger partial charge on any atom is -0.296 e. The van der Waals surface area contributed by atoms with Crippen LogP contribution in [0.1, 0.15) is 19.4 Å². The fourth-order valence-corrected chi connectivity index (χ4v) is 4.83. The van der Waals surface area contributed by atoms with E-state index < -0.39 is 10.0 Å². The lowest BCUT2D eigenvalue weighted by molar-refractivity contribution is -0.0448. The molecule has 0 spiro atoms. The maximum absolute atomic E-state index is 12.0. The zero-order valence-corrected chi connectivity index (χ0v) is 15.0. The number of nitrogens with zero attached hydrogens (tertiary/aromatic N) is 4. The molecule has 128 valence electrons. The summed E-state index contributed by atoms with van der Waals surface area (Å²) in [6.45, 7) is 9.21. The third-order valence-electron chi connectivity index (χ3n) is 4.92. The van der Waals surface area contributed by atoms with Gasteiger partial charge in [-0.2, -0.15) is 4.31 Å². The van der Waals surface area contributed by atoms with Gasteiger partial charge in [-0.25, -0.2) is 8.42 Å². The summed E-state index contributed by atoms with van der Waals surface area (Å²) in [5.41, 5.74) is 1.09. The van der Waals surface area contributed by atoms with Gasteiger partial charge in [0.05, 0.1) is 6.26 Å². The molecule has 1 unspecified atom stereocenters. The minimum atomic E-state index is -3.15. The van der Waals surface area contributed by atoms with Crippen molar-refractivity contribution in [1.29, 1.82) is 0 Å². The second kappa shape index (κ2) is 6.12. The molecule has 1 aromatic heterocycles. The van der Waals surface area contributed by atoms with Crippen molar-refractivity contribution in [2.24, 2.45) is 0 Å². The van der Waals surface area contributed by atoms with Crippen molar-refractivity contribution in [2.75, 3.05) is 39.0 Å². The molecule has 0 bridgehead atoms. The van der Waals surface area contributed by atoms with Crippen LogP contribution < -0.4 is 0 Å². The first-order valence-corrected chi connectivity index (χ1v) is 9.94. The summed E-state index contributed by atoms with van der Waals surface area (Å²) >= 11 is 0. The van der Waals surface area contributed by atoms with Crippen LogP contribution >= 0.6 is 0 Å².